The normalized spacial score (nSPS) is 26.1. The van der Waals surface area contributed by atoms with E-state index in [-0.39, 0.29) is 0 Å². The van der Waals surface area contributed by atoms with Crippen LogP contribution in [0, 0.1) is 5.92 Å². The maximum absolute atomic E-state index is 6.16. The predicted octanol–water partition coefficient (Wildman–Crippen LogP) is 3.00. The van der Waals surface area contributed by atoms with Gasteiger partial charge in [0.05, 0.1) is 19.3 Å². The molecule has 1 aliphatic rings. The molecule has 4 nitrogen and oxygen atoms in total. The largest absolute Gasteiger partial charge is 0.382 e. The summed E-state index contributed by atoms with van der Waals surface area (Å²) in [6.45, 7) is 8.53. The average Bonchev–Trinajstić information content (AvgIpc) is 2.52. The Morgan fingerprint density at radius 1 is 1.05 bits per heavy atom. The number of hydrogen-bond donors (Lipinski definition) is 1. The van der Waals surface area contributed by atoms with Crippen LogP contribution >= 0.6 is 0 Å². The molecule has 0 aromatic heterocycles. The van der Waals surface area contributed by atoms with Crippen LogP contribution < -0.4 is 5.32 Å². The van der Waals surface area contributed by atoms with Gasteiger partial charge >= 0.3 is 0 Å². The van der Waals surface area contributed by atoms with E-state index in [1.54, 1.807) is 7.11 Å². The number of hydrogen-bond acceptors (Lipinski definition) is 4. The van der Waals surface area contributed by atoms with Crippen molar-refractivity contribution in [2.24, 2.45) is 5.92 Å². The minimum atomic E-state index is 0.384. The Morgan fingerprint density at radius 3 is 2.62 bits per heavy atom. The molecule has 126 valence electrons. The molecule has 4 heteroatoms. The van der Waals surface area contributed by atoms with Crippen LogP contribution in [0.5, 0.6) is 0 Å². The third-order valence-electron chi connectivity index (χ3n) is 4.33. The molecular weight excluding hydrogens is 266 g/mol. The smallest absolute Gasteiger partial charge is 0.0730 e. The van der Waals surface area contributed by atoms with E-state index in [9.17, 15) is 0 Å². The zero-order valence-corrected chi connectivity index (χ0v) is 14.2. The molecule has 0 aromatic carbocycles. The molecule has 3 atom stereocenters. The second-order valence-electron chi connectivity index (χ2n) is 6.02. The average molecular weight is 301 g/mol. The minimum absolute atomic E-state index is 0.384. The first-order valence-electron chi connectivity index (χ1n) is 8.73. The monoisotopic (exact) mass is 301 g/mol. The molecule has 3 unspecified atom stereocenters. The summed E-state index contributed by atoms with van der Waals surface area (Å²) in [5.74, 6) is 0.840. The third kappa shape index (κ3) is 8.15. The van der Waals surface area contributed by atoms with Crippen molar-refractivity contribution in [3.8, 4) is 0 Å². The maximum Gasteiger partial charge on any atom is 0.0730 e. The van der Waals surface area contributed by atoms with Crippen molar-refractivity contribution in [3.63, 3.8) is 0 Å². The van der Waals surface area contributed by atoms with Gasteiger partial charge in [-0.1, -0.05) is 20.3 Å². The van der Waals surface area contributed by atoms with Crippen molar-refractivity contribution in [2.45, 2.75) is 64.5 Å². The van der Waals surface area contributed by atoms with Gasteiger partial charge in [0, 0.05) is 26.4 Å². The summed E-state index contributed by atoms with van der Waals surface area (Å²) >= 11 is 0. The highest BCUT2D eigenvalue weighted by atomic mass is 16.5. The second-order valence-corrected chi connectivity index (χ2v) is 6.02. The fraction of sp³-hybridized carbons (Fsp3) is 1.00. The minimum Gasteiger partial charge on any atom is -0.382 e. The van der Waals surface area contributed by atoms with Crippen LogP contribution in [0.1, 0.15) is 52.4 Å². The van der Waals surface area contributed by atoms with Crippen LogP contribution in [0.2, 0.25) is 0 Å². The lowest BCUT2D eigenvalue weighted by Crippen LogP contribution is -2.46. The lowest BCUT2D eigenvalue weighted by Gasteiger charge is -2.36. The lowest BCUT2D eigenvalue weighted by atomic mass is 9.82. The summed E-state index contributed by atoms with van der Waals surface area (Å²) in [5.41, 5.74) is 0. The van der Waals surface area contributed by atoms with Crippen molar-refractivity contribution >= 4 is 0 Å². The van der Waals surface area contributed by atoms with Crippen LogP contribution in [-0.4, -0.2) is 52.2 Å². The molecule has 0 bridgehead atoms. The van der Waals surface area contributed by atoms with Crippen LogP contribution in [0.4, 0.5) is 0 Å². The molecular formula is C17H35NO3. The molecule has 1 fully saturated rings. The molecule has 0 radical (unpaired) electrons. The Balaban J connectivity index is 2.19. The van der Waals surface area contributed by atoms with Gasteiger partial charge in [-0.2, -0.15) is 0 Å². The Morgan fingerprint density at radius 2 is 1.90 bits per heavy atom. The predicted molar refractivity (Wildman–Crippen MR) is 86.8 cm³/mol. The van der Waals surface area contributed by atoms with Gasteiger partial charge in [-0.25, -0.2) is 0 Å². The van der Waals surface area contributed by atoms with Gasteiger partial charge in [-0.05, 0) is 44.6 Å². The molecule has 0 amide bonds. The van der Waals surface area contributed by atoms with Crippen molar-refractivity contribution in [1.82, 2.24) is 5.32 Å². The van der Waals surface area contributed by atoms with Gasteiger partial charge in [-0.15, -0.1) is 0 Å². The number of ether oxygens (including phenoxy) is 3. The lowest BCUT2D eigenvalue weighted by molar-refractivity contribution is -0.0211. The zero-order valence-electron chi connectivity index (χ0n) is 14.2. The van der Waals surface area contributed by atoms with E-state index < -0.39 is 0 Å². The highest BCUT2D eigenvalue weighted by Crippen LogP contribution is 2.29. The van der Waals surface area contributed by atoms with Crippen LogP contribution in [-0.2, 0) is 14.2 Å². The van der Waals surface area contributed by atoms with E-state index in [1.807, 2.05) is 0 Å². The summed E-state index contributed by atoms with van der Waals surface area (Å²) in [4.78, 5) is 0. The third-order valence-corrected chi connectivity index (χ3v) is 4.33. The van der Waals surface area contributed by atoms with Gasteiger partial charge < -0.3 is 19.5 Å². The van der Waals surface area contributed by atoms with Crippen LogP contribution in [0.3, 0.4) is 0 Å². The molecule has 21 heavy (non-hydrogen) atoms. The van der Waals surface area contributed by atoms with Crippen molar-refractivity contribution in [2.75, 3.05) is 40.1 Å². The Bertz CT molecular complexity index is 238. The van der Waals surface area contributed by atoms with E-state index in [1.165, 1.54) is 32.1 Å². The Hall–Kier alpha value is -0.160. The van der Waals surface area contributed by atoms with Gasteiger partial charge in [0.25, 0.3) is 0 Å². The molecule has 1 aliphatic carbocycles. The number of methoxy groups -OCH3 is 1. The molecule has 0 saturated heterocycles. The zero-order chi connectivity index (χ0) is 15.3. The van der Waals surface area contributed by atoms with Crippen LogP contribution in [0.15, 0.2) is 0 Å². The quantitative estimate of drug-likeness (QED) is 0.563. The van der Waals surface area contributed by atoms with Gasteiger partial charge in [0.1, 0.15) is 0 Å². The summed E-state index contributed by atoms with van der Waals surface area (Å²) < 4.78 is 16.6. The van der Waals surface area contributed by atoms with E-state index in [0.29, 0.717) is 25.4 Å². The topological polar surface area (TPSA) is 39.7 Å². The number of nitrogens with one attached hydrogen (secondary N) is 1. The Kier molecular flexibility index (Phi) is 11.1. The van der Waals surface area contributed by atoms with Crippen LogP contribution in [0.25, 0.3) is 0 Å². The fourth-order valence-corrected chi connectivity index (χ4v) is 2.97. The summed E-state index contributed by atoms with van der Waals surface area (Å²) in [6.07, 6.45) is 7.63. The van der Waals surface area contributed by atoms with E-state index in [2.05, 4.69) is 19.2 Å². The molecule has 0 aliphatic heterocycles. The Labute approximate surface area is 130 Å². The summed E-state index contributed by atoms with van der Waals surface area (Å²) in [7, 11) is 1.70. The second kappa shape index (κ2) is 12.4. The molecule has 0 aromatic rings. The molecule has 0 heterocycles. The first-order valence-corrected chi connectivity index (χ1v) is 8.73. The molecule has 0 spiro atoms. The first-order chi connectivity index (χ1) is 10.3. The van der Waals surface area contributed by atoms with E-state index >= 15 is 0 Å². The highest BCUT2D eigenvalue weighted by Gasteiger charge is 2.29. The molecule has 1 saturated carbocycles. The highest BCUT2D eigenvalue weighted by molar-refractivity contribution is 4.85. The maximum atomic E-state index is 6.16. The number of rotatable bonds is 12. The summed E-state index contributed by atoms with van der Waals surface area (Å²) in [6, 6.07) is 0.544. The van der Waals surface area contributed by atoms with Gasteiger partial charge in [0.2, 0.25) is 0 Å². The fourth-order valence-electron chi connectivity index (χ4n) is 2.97. The molecule has 1 rings (SSSR count). The SMILES string of the molecule is CCCNC1CCC(CC)CC1OCCCOCCOC. The van der Waals surface area contributed by atoms with Crippen molar-refractivity contribution in [1.29, 1.82) is 0 Å². The van der Waals surface area contributed by atoms with Gasteiger partial charge in [0.15, 0.2) is 0 Å². The first kappa shape index (κ1) is 18.9. The van der Waals surface area contributed by atoms with E-state index in [4.69, 9.17) is 14.2 Å². The van der Waals surface area contributed by atoms with Crippen molar-refractivity contribution < 1.29 is 14.2 Å². The van der Waals surface area contributed by atoms with E-state index in [0.717, 1.165) is 32.1 Å². The van der Waals surface area contributed by atoms with Crippen molar-refractivity contribution in [3.05, 3.63) is 0 Å². The standard InChI is InChI=1S/C17H35NO3/c1-4-9-18-16-8-7-15(5-2)14-17(16)21-11-6-10-20-13-12-19-3/h15-18H,4-14H2,1-3H3. The summed E-state index contributed by atoms with van der Waals surface area (Å²) in [5, 5.41) is 3.66. The molecule has 1 N–H and O–H groups in total. The van der Waals surface area contributed by atoms with Gasteiger partial charge in [-0.3, -0.25) is 0 Å².